The second-order valence-electron chi connectivity index (χ2n) is 4.31. The molecule has 0 unspecified atom stereocenters. The summed E-state index contributed by atoms with van der Waals surface area (Å²) in [6, 6.07) is 8.21. The predicted molar refractivity (Wildman–Crippen MR) is 78.8 cm³/mol. The highest BCUT2D eigenvalue weighted by molar-refractivity contribution is 7.98. The quantitative estimate of drug-likeness (QED) is 0.847. The summed E-state index contributed by atoms with van der Waals surface area (Å²) in [7, 11) is 0. The summed E-state index contributed by atoms with van der Waals surface area (Å²) >= 11 is 1.63. The Morgan fingerprint density at radius 1 is 1.44 bits per heavy atom. The molecule has 100 valence electrons. The molecule has 0 radical (unpaired) electrons. The van der Waals surface area contributed by atoms with Gasteiger partial charge in [-0.1, -0.05) is 12.1 Å². The standard InChI is InChI=1S/C13H18N2OS.ClH/c1-10-9-15(8-7-14-10)13(16)11-5-3-4-6-12(11)17-2;/h3-6,10,14H,7-9H2,1-2H3;1H/t10-;/m1./s1. The Hall–Kier alpha value is -0.710. The zero-order valence-electron chi connectivity index (χ0n) is 10.7. The van der Waals surface area contributed by atoms with E-state index in [-0.39, 0.29) is 18.3 Å². The Balaban J connectivity index is 0.00000162. The molecule has 0 spiro atoms. The lowest BCUT2D eigenvalue weighted by Crippen LogP contribution is -2.51. The number of nitrogens with zero attached hydrogens (tertiary/aromatic N) is 1. The minimum absolute atomic E-state index is 0. The van der Waals surface area contributed by atoms with Crippen molar-refractivity contribution in [3.63, 3.8) is 0 Å². The van der Waals surface area contributed by atoms with E-state index in [4.69, 9.17) is 0 Å². The maximum Gasteiger partial charge on any atom is 0.255 e. The average molecular weight is 287 g/mol. The van der Waals surface area contributed by atoms with E-state index in [1.165, 1.54) is 0 Å². The number of piperazine rings is 1. The summed E-state index contributed by atoms with van der Waals surface area (Å²) in [5.41, 5.74) is 0.828. The summed E-state index contributed by atoms with van der Waals surface area (Å²) in [4.78, 5) is 15.4. The van der Waals surface area contributed by atoms with Gasteiger partial charge >= 0.3 is 0 Å². The smallest absolute Gasteiger partial charge is 0.255 e. The van der Waals surface area contributed by atoms with Gasteiger partial charge in [-0.15, -0.1) is 24.2 Å². The minimum atomic E-state index is 0. The number of carbonyl (C=O) groups is 1. The maximum absolute atomic E-state index is 12.4. The highest BCUT2D eigenvalue weighted by Crippen LogP contribution is 2.21. The highest BCUT2D eigenvalue weighted by atomic mass is 35.5. The van der Waals surface area contributed by atoms with Crippen LogP contribution in [0.4, 0.5) is 0 Å². The molecule has 1 fully saturated rings. The monoisotopic (exact) mass is 286 g/mol. The first-order chi connectivity index (χ1) is 8.22. The van der Waals surface area contributed by atoms with Crippen LogP contribution in [-0.2, 0) is 0 Å². The molecule has 1 amide bonds. The van der Waals surface area contributed by atoms with Crippen molar-refractivity contribution in [2.45, 2.75) is 17.9 Å². The second-order valence-corrected chi connectivity index (χ2v) is 5.15. The summed E-state index contributed by atoms with van der Waals surface area (Å²) in [5.74, 6) is 0.156. The largest absolute Gasteiger partial charge is 0.336 e. The van der Waals surface area contributed by atoms with E-state index in [0.29, 0.717) is 6.04 Å². The SMILES string of the molecule is CSc1ccccc1C(=O)N1CCN[C@H](C)C1.Cl. The summed E-state index contributed by atoms with van der Waals surface area (Å²) in [5, 5.41) is 3.35. The highest BCUT2D eigenvalue weighted by Gasteiger charge is 2.22. The van der Waals surface area contributed by atoms with Gasteiger partial charge in [-0.2, -0.15) is 0 Å². The molecule has 18 heavy (non-hydrogen) atoms. The molecule has 0 bridgehead atoms. The first kappa shape index (κ1) is 15.3. The minimum Gasteiger partial charge on any atom is -0.336 e. The van der Waals surface area contributed by atoms with Gasteiger partial charge in [0, 0.05) is 30.6 Å². The van der Waals surface area contributed by atoms with Gasteiger partial charge in [0.15, 0.2) is 0 Å². The molecule has 1 aromatic carbocycles. The van der Waals surface area contributed by atoms with Gasteiger partial charge in [0.25, 0.3) is 5.91 Å². The van der Waals surface area contributed by atoms with Gasteiger partial charge in [-0.05, 0) is 25.3 Å². The van der Waals surface area contributed by atoms with E-state index in [1.807, 2.05) is 35.4 Å². The molecule has 5 heteroatoms. The van der Waals surface area contributed by atoms with Gasteiger partial charge in [0.2, 0.25) is 0 Å². The fourth-order valence-corrected chi connectivity index (χ4v) is 2.70. The Labute approximate surface area is 119 Å². The van der Waals surface area contributed by atoms with Gasteiger partial charge in [0.1, 0.15) is 0 Å². The lowest BCUT2D eigenvalue weighted by molar-refractivity contribution is 0.0705. The molecule has 0 aromatic heterocycles. The Morgan fingerprint density at radius 3 is 2.83 bits per heavy atom. The van der Waals surface area contributed by atoms with E-state index in [9.17, 15) is 4.79 Å². The molecule has 1 heterocycles. The van der Waals surface area contributed by atoms with Crippen molar-refractivity contribution in [3.05, 3.63) is 29.8 Å². The van der Waals surface area contributed by atoms with Crippen LogP contribution in [0.15, 0.2) is 29.2 Å². The number of benzene rings is 1. The number of amides is 1. The van der Waals surface area contributed by atoms with Gasteiger partial charge in [0.05, 0.1) is 5.56 Å². The lowest BCUT2D eigenvalue weighted by atomic mass is 10.1. The summed E-state index contributed by atoms with van der Waals surface area (Å²) in [6.07, 6.45) is 2.01. The second kappa shape index (κ2) is 7.02. The molecule has 1 N–H and O–H groups in total. The Bertz CT molecular complexity index is 414. The molecule has 1 atom stereocenters. The van der Waals surface area contributed by atoms with E-state index in [0.717, 1.165) is 30.1 Å². The topological polar surface area (TPSA) is 32.3 Å². The van der Waals surface area contributed by atoms with E-state index >= 15 is 0 Å². The number of rotatable bonds is 2. The van der Waals surface area contributed by atoms with E-state index < -0.39 is 0 Å². The molecule has 1 aliphatic heterocycles. The van der Waals surface area contributed by atoms with Crippen molar-refractivity contribution in [2.24, 2.45) is 0 Å². The molecule has 1 aromatic rings. The lowest BCUT2D eigenvalue weighted by Gasteiger charge is -2.32. The third-order valence-corrected chi connectivity index (χ3v) is 3.79. The maximum atomic E-state index is 12.4. The predicted octanol–water partition coefficient (Wildman–Crippen LogP) is 2.26. The van der Waals surface area contributed by atoms with Gasteiger partial charge in [-0.25, -0.2) is 0 Å². The average Bonchev–Trinajstić information content (AvgIpc) is 2.38. The van der Waals surface area contributed by atoms with Crippen LogP contribution in [0.3, 0.4) is 0 Å². The fourth-order valence-electron chi connectivity index (χ4n) is 2.11. The van der Waals surface area contributed by atoms with Crippen LogP contribution in [0.2, 0.25) is 0 Å². The van der Waals surface area contributed by atoms with Gasteiger partial charge < -0.3 is 10.2 Å². The molecule has 0 saturated carbocycles. The normalized spacial score (nSPS) is 19.2. The van der Waals surface area contributed by atoms with Crippen LogP contribution < -0.4 is 5.32 Å². The van der Waals surface area contributed by atoms with Crippen LogP contribution in [0, 0.1) is 0 Å². The third-order valence-electron chi connectivity index (χ3n) is 2.99. The third kappa shape index (κ3) is 3.40. The zero-order valence-corrected chi connectivity index (χ0v) is 12.3. The van der Waals surface area contributed by atoms with Crippen LogP contribution in [-0.4, -0.2) is 42.7 Å². The van der Waals surface area contributed by atoms with Crippen molar-refractivity contribution < 1.29 is 4.79 Å². The van der Waals surface area contributed by atoms with Crippen LogP contribution in [0.5, 0.6) is 0 Å². The van der Waals surface area contributed by atoms with Crippen LogP contribution in [0.25, 0.3) is 0 Å². The van der Waals surface area contributed by atoms with Gasteiger partial charge in [-0.3, -0.25) is 4.79 Å². The summed E-state index contributed by atoms with van der Waals surface area (Å²) in [6.45, 7) is 4.59. The van der Waals surface area contributed by atoms with Crippen molar-refractivity contribution in [2.75, 3.05) is 25.9 Å². The Kier molecular flexibility index (Phi) is 5.99. The first-order valence-corrected chi connectivity index (χ1v) is 7.10. The molecular formula is C13H19ClN2OS. The van der Waals surface area contributed by atoms with Crippen molar-refractivity contribution in [1.29, 1.82) is 0 Å². The van der Waals surface area contributed by atoms with Crippen molar-refractivity contribution in [3.8, 4) is 0 Å². The number of halogens is 1. The molecule has 1 aliphatic rings. The van der Waals surface area contributed by atoms with E-state index in [2.05, 4.69) is 12.2 Å². The molecule has 2 rings (SSSR count). The fraction of sp³-hybridized carbons (Fsp3) is 0.462. The first-order valence-electron chi connectivity index (χ1n) is 5.88. The number of nitrogens with one attached hydrogen (secondary N) is 1. The number of thioether (sulfide) groups is 1. The molecule has 0 aliphatic carbocycles. The number of carbonyl (C=O) groups excluding carboxylic acids is 1. The van der Waals surface area contributed by atoms with E-state index in [1.54, 1.807) is 11.8 Å². The van der Waals surface area contributed by atoms with Crippen molar-refractivity contribution >= 4 is 30.1 Å². The molecule has 3 nitrogen and oxygen atoms in total. The molecular weight excluding hydrogens is 268 g/mol. The zero-order chi connectivity index (χ0) is 12.3. The van der Waals surface area contributed by atoms with Crippen LogP contribution in [0.1, 0.15) is 17.3 Å². The van der Waals surface area contributed by atoms with Crippen LogP contribution >= 0.6 is 24.2 Å². The Morgan fingerprint density at radius 2 is 2.17 bits per heavy atom. The summed E-state index contributed by atoms with van der Waals surface area (Å²) < 4.78 is 0. The molecule has 1 saturated heterocycles. The van der Waals surface area contributed by atoms with Crippen molar-refractivity contribution in [1.82, 2.24) is 10.2 Å². The number of hydrogen-bond donors (Lipinski definition) is 1. The number of hydrogen-bond acceptors (Lipinski definition) is 3.